The molecule has 0 radical (unpaired) electrons. The molecule has 2 heterocycles. The number of amides is 1. The van der Waals surface area contributed by atoms with Crippen molar-refractivity contribution in [1.82, 2.24) is 9.80 Å². The molecule has 0 bridgehead atoms. The number of esters is 2. The zero-order valence-corrected chi connectivity index (χ0v) is 18.7. The highest BCUT2D eigenvalue weighted by atomic mass is 16.5. The van der Waals surface area contributed by atoms with E-state index in [-0.39, 0.29) is 17.0 Å². The summed E-state index contributed by atoms with van der Waals surface area (Å²) < 4.78 is 9.71. The van der Waals surface area contributed by atoms with Crippen molar-refractivity contribution < 1.29 is 33.8 Å². The fourth-order valence-electron chi connectivity index (χ4n) is 4.33. The first-order chi connectivity index (χ1) is 15.1. The molecule has 0 aromatic heterocycles. The smallest absolute Gasteiger partial charge is 0.348 e. The van der Waals surface area contributed by atoms with Gasteiger partial charge in [-0.15, -0.1) is 0 Å². The van der Waals surface area contributed by atoms with Gasteiger partial charge in [0.25, 0.3) is 5.91 Å². The zero-order valence-electron chi connectivity index (χ0n) is 18.7. The van der Waals surface area contributed by atoms with Gasteiger partial charge in [-0.05, 0) is 26.3 Å². The van der Waals surface area contributed by atoms with Gasteiger partial charge in [-0.3, -0.25) is 14.5 Å². The predicted molar refractivity (Wildman–Crippen MR) is 112 cm³/mol. The summed E-state index contributed by atoms with van der Waals surface area (Å²) in [5.41, 5.74) is -1.31. The van der Waals surface area contributed by atoms with E-state index in [9.17, 15) is 24.3 Å². The third-order valence-electron chi connectivity index (χ3n) is 5.87. The normalized spacial score (nSPS) is 23.2. The van der Waals surface area contributed by atoms with Gasteiger partial charge >= 0.3 is 11.9 Å². The number of aliphatic hydroxyl groups is 1. The molecule has 2 aliphatic rings. The van der Waals surface area contributed by atoms with Gasteiger partial charge in [0.2, 0.25) is 5.60 Å². The molecule has 170 valence electrons. The zero-order chi connectivity index (χ0) is 23.8. The Balaban J connectivity index is 2.44. The third kappa shape index (κ3) is 3.38. The number of ketones is 1. The van der Waals surface area contributed by atoms with Crippen molar-refractivity contribution in [3.63, 3.8) is 0 Å². The second-order valence-corrected chi connectivity index (χ2v) is 7.61. The first-order valence-electron chi connectivity index (χ1n) is 10.1. The topological polar surface area (TPSA) is 113 Å². The third-order valence-corrected chi connectivity index (χ3v) is 5.87. The molecule has 1 N–H and O–H groups in total. The summed E-state index contributed by atoms with van der Waals surface area (Å²) in [6.07, 6.45) is -0.529. The van der Waals surface area contributed by atoms with E-state index in [1.165, 1.54) is 14.0 Å². The van der Waals surface area contributed by atoms with Crippen LogP contribution in [0.5, 0.6) is 0 Å². The minimum atomic E-state index is -2.61. The Kier molecular flexibility index (Phi) is 6.23. The molecule has 1 amide bonds. The van der Waals surface area contributed by atoms with E-state index >= 15 is 0 Å². The van der Waals surface area contributed by atoms with Crippen LogP contribution in [0.15, 0.2) is 53.0 Å². The summed E-state index contributed by atoms with van der Waals surface area (Å²) >= 11 is 0. The Morgan fingerprint density at radius 3 is 2.28 bits per heavy atom. The SMILES string of the molecule is CCN1C(C)=C(C(=O)OC)C(c2ccccc2)N2C(=O)[C@](O)(C(=O)OC)CC(C(C)=O)=C12. The maximum Gasteiger partial charge on any atom is 0.348 e. The molecule has 1 unspecified atom stereocenters. The van der Waals surface area contributed by atoms with E-state index < -0.39 is 41.7 Å². The van der Waals surface area contributed by atoms with E-state index in [0.717, 1.165) is 12.0 Å². The number of ether oxygens (including phenoxy) is 2. The monoisotopic (exact) mass is 442 g/mol. The van der Waals surface area contributed by atoms with Crippen LogP contribution in [0.2, 0.25) is 0 Å². The molecular formula is C23H26N2O7. The molecule has 9 heteroatoms. The van der Waals surface area contributed by atoms with Crippen LogP contribution in [-0.2, 0) is 28.7 Å². The van der Waals surface area contributed by atoms with Crippen molar-refractivity contribution in [3.8, 4) is 0 Å². The van der Waals surface area contributed by atoms with E-state index in [4.69, 9.17) is 9.47 Å². The minimum Gasteiger partial charge on any atom is -0.466 e. The van der Waals surface area contributed by atoms with Crippen molar-refractivity contribution in [2.75, 3.05) is 20.8 Å². The van der Waals surface area contributed by atoms with Crippen LogP contribution in [-0.4, -0.2) is 64.9 Å². The number of allylic oxidation sites excluding steroid dienone is 1. The lowest BCUT2D eigenvalue weighted by molar-refractivity contribution is -0.176. The molecule has 1 aromatic carbocycles. The van der Waals surface area contributed by atoms with Gasteiger partial charge in [-0.1, -0.05) is 30.3 Å². The van der Waals surface area contributed by atoms with Gasteiger partial charge in [0.15, 0.2) is 5.78 Å². The summed E-state index contributed by atoms with van der Waals surface area (Å²) in [5.74, 6) is -3.01. The van der Waals surface area contributed by atoms with Crippen LogP contribution < -0.4 is 0 Å². The summed E-state index contributed by atoms with van der Waals surface area (Å²) in [6.45, 7) is 5.13. The molecule has 0 aliphatic carbocycles. The Hall–Kier alpha value is -3.46. The quantitative estimate of drug-likeness (QED) is 0.539. The van der Waals surface area contributed by atoms with Gasteiger partial charge in [0.1, 0.15) is 5.82 Å². The molecule has 2 atom stereocenters. The Morgan fingerprint density at radius 2 is 1.78 bits per heavy atom. The predicted octanol–water partition coefficient (Wildman–Crippen LogP) is 1.45. The first kappa shape index (κ1) is 23.2. The average molecular weight is 442 g/mol. The summed E-state index contributed by atoms with van der Waals surface area (Å²) in [6, 6.07) is 7.66. The van der Waals surface area contributed by atoms with Crippen LogP contribution >= 0.6 is 0 Å². The summed E-state index contributed by atoms with van der Waals surface area (Å²) in [4.78, 5) is 54.5. The number of hydrogen-bond donors (Lipinski definition) is 1. The highest BCUT2D eigenvalue weighted by Gasteiger charge is 2.58. The van der Waals surface area contributed by atoms with Gasteiger partial charge in [-0.2, -0.15) is 0 Å². The molecule has 3 rings (SSSR count). The fraction of sp³-hybridized carbons (Fsp3) is 0.391. The van der Waals surface area contributed by atoms with E-state index in [2.05, 4.69) is 0 Å². The van der Waals surface area contributed by atoms with Crippen molar-refractivity contribution in [3.05, 3.63) is 58.6 Å². The molecule has 9 nitrogen and oxygen atoms in total. The second kappa shape index (κ2) is 8.58. The van der Waals surface area contributed by atoms with Crippen LogP contribution in [0.4, 0.5) is 0 Å². The molecular weight excluding hydrogens is 416 g/mol. The van der Waals surface area contributed by atoms with Gasteiger partial charge in [-0.25, -0.2) is 9.59 Å². The number of nitrogens with zero attached hydrogens (tertiary/aromatic N) is 2. The number of carbonyl (C=O) groups is 4. The largest absolute Gasteiger partial charge is 0.466 e. The Labute approximate surface area is 185 Å². The molecule has 0 saturated carbocycles. The number of rotatable bonds is 5. The standard InChI is InChI=1S/C23H26N2O7/c1-6-24-13(2)17(20(27)31-4)18(15-10-8-7-9-11-15)25-19(24)16(14(3)26)12-23(30,21(25)28)22(29)32-5/h7-11,18,30H,6,12H2,1-5H3/t18?,23-/m0/s1. The average Bonchev–Trinajstić information content (AvgIpc) is 2.79. The van der Waals surface area contributed by atoms with Crippen LogP contribution in [0, 0.1) is 0 Å². The van der Waals surface area contributed by atoms with E-state index in [1.807, 2.05) is 0 Å². The van der Waals surface area contributed by atoms with Crippen LogP contribution in [0.3, 0.4) is 0 Å². The number of hydrogen-bond acceptors (Lipinski definition) is 8. The lowest BCUT2D eigenvalue weighted by Crippen LogP contribution is -2.62. The maximum atomic E-state index is 13.7. The highest BCUT2D eigenvalue weighted by molar-refractivity contribution is 6.11. The summed E-state index contributed by atoms with van der Waals surface area (Å²) in [5, 5.41) is 11.1. The van der Waals surface area contributed by atoms with Gasteiger partial charge in [0.05, 0.1) is 25.8 Å². The van der Waals surface area contributed by atoms with E-state index in [1.54, 1.807) is 49.1 Å². The van der Waals surface area contributed by atoms with Crippen LogP contribution in [0.25, 0.3) is 0 Å². The molecule has 32 heavy (non-hydrogen) atoms. The number of carbonyl (C=O) groups excluding carboxylic acids is 4. The van der Waals surface area contributed by atoms with E-state index in [0.29, 0.717) is 17.8 Å². The maximum absolute atomic E-state index is 13.7. The molecule has 1 aromatic rings. The molecule has 0 spiro atoms. The van der Waals surface area contributed by atoms with Crippen molar-refractivity contribution in [1.29, 1.82) is 0 Å². The Bertz CT molecular complexity index is 1040. The summed E-state index contributed by atoms with van der Waals surface area (Å²) in [7, 11) is 2.28. The number of Topliss-reactive ketones (excluding diaryl/α,β-unsaturated/α-hetero) is 1. The second-order valence-electron chi connectivity index (χ2n) is 7.61. The molecule has 0 saturated heterocycles. The first-order valence-corrected chi connectivity index (χ1v) is 10.1. The number of fused-ring (bicyclic) bond motifs is 1. The highest BCUT2D eigenvalue weighted by Crippen LogP contribution is 2.47. The fourth-order valence-corrected chi connectivity index (χ4v) is 4.33. The van der Waals surface area contributed by atoms with Crippen molar-refractivity contribution >= 4 is 23.6 Å². The van der Waals surface area contributed by atoms with Gasteiger partial charge < -0.3 is 19.5 Å². The number of benzene rings is 1. The minimum absolute atomic E-state index is 0.0866. The van der Waals surface area contributed by atoms with Crippen molar-refractivity contribution in [2.24, 2.45) is 0 Å². The van der Waals surface area contributed by atoms with Gasteiger partial charge in [0, 0.05) is 24.2 Å². The lowest BCUT2D eigenvalue weighted by atomic mass is 9.82. The molecule has 0 fully saturated rings. The Morgan fingerprint density at radius 1 is 1.16 bits per heavy atom. The lowest BCUT2D eigenvalue weighted by Gasteiger charge is -2.50. The van der Waals surface area contributed by atoms with Crippen molar-refractivity contribution in [2.45, 2.75) is 38.8 Å². The molecule has 2 aliphatic heterocycles. The number of methoxy groups -OCH3 is 2. The van der Waals surface area contributed by atoms with Crippen LogP contribution in [0.1, 0.15) is 38.8 Å².